The predicted molar refractivity (Wildman–Crippen MR) is 93.7 cm³/mol. The van der Waals surface area contributed by atoms with E-state index in [9.17, 15) is 4.79 Å². The molecular formula is C18H25N5O2. The van der Waals surface area contributed by atoms with Crippen molar-refractivity contribution >= 4 is 5.91 Å². The van der Waals surface area contributed by atoms with E-state index < -0.39 is 0 Å². The van der Waals surface area contributed by atoms with Gasteiger partial charge in [0, 0.05) is 43.4 Å². The molecule has 3 rings (SSSR count). The number of amides is 1. The number of hydrogen-bond donors (Lipinski definition) is 1. The molecule has 0 atom stereocenters. The molecule has 0 saturated carbocycles. The van der Waals surface area contributed by atoms with E-state index in [1.54, 1.807) is 12.4 Å². The molecule has 3 heterocycles. The summed E-state index contributed by atoms with van der Waals surface area (Å²) in [4.78, 5) is 23.1. The van der Waals surface area contributed by atoms with E-state index in [0.29, 0.717) is 30.6 Å². The number of pyridine rings is 1. The van der Waals surface area contributed by atoms with Gasteiger partial charge in [0.15, 0.2) is 0 Å². The maximum atomic E-state index is 12.7. The van der Waals surface area contributed by atoms with Crippen molar-refractivity contribution in [2.45, 2.75) is 45.1 Å². The highest BCUT2D eigenvalue weighted by Gasteiger charge is 2.24. The van der Waals surface area contributed by atoms with Gasteiger partial charge in [-0.25, -0.2) is 0 Å². The van der Waals surface area contributed by atoms with Gasteiger partial charge in [-0.15, -0.1) is 0 Å². The zero-order chi connectivity index (χ0) is 17.5. The topological polar surface area (TPSA) is 84.2 Å². The molecule has 1 fully saturated rings. The number of aryl methyl sites for hydroxylation is 1. The fourth-order valence-corrected chi connectivity index (χ4v) is 3.20. The van der Waals surface area contributed by atoms with Gasteiger partial charge in [0.05, 0.1) is 0 Å². The molecule has 0 spiro atoms. The Balaban J connectivity index is 1.58. The molecule has 0 unspecified atom stereocenters. The zero-order valence-corrected chi connectivity index (χ0v) is 14.6. The fraction of sp³-hybridized carbons (Fsp3) is 0.556. The van der Waals surface area contributed by atoms with E-state index in [1.807, 2.05) is 17.0 Å². The van der Waals surface area contributed by atoms with Gasteiger partial charge in [0.2, 0.25) is 17.6 Å². The largest absolute Gasteiger partial charge is 0.340 e. The van der Waals surface area contributed by atoms with Crippen LogP contribution < -0.4 is 5.32 Å². The van der Waals surface area contributed by atoms with E-state index >= 15 is 0 Å². The summed E-state index contributed by atoms with van der Waals surface area (Å²) in [5.74, 6) is 1.22. The van der Waals surface area contributed by atoms with E-state index in [0.717, 1.165) is 44.5 Å². The lowest BCUT2D eigenvalue weighted by Crippen LogP contribution is -2.46. The van der Waals surface area contributed by atoms with Crippen molar-refractivity contribution in [3.8, 4) is 11.4 Å². The molecule has 25 heavy (non-hydrogen) atoms. The lowest BCUT2D eigenvalue weighted by Gasteiger charge is -2.34. The summed E-state index contributed by atoms with van der Waals surface area (Å²) in [6, 6.07) is 4.02. The minimum atomic E-state index is 0.178. The van der Waals surface area contributed by atoms with Crippen LogP contribution in [0.4, 0.5) is 0 Å². The first-order valence-corrected chi connectivity index (χ1v) is 9.01. The number of carbonyl (C=O) groups is 1. The fourth-order valence-electron chi connectivity index (χ4n) is 3.20. The number of hydrogen-bond acceptors (Lipinski definition) is 6. The SMILES string of the molecule is CCCN(C(=O)CCc1nc(-c2ccncc2)no1)C1CCNCC1. The van der Waals surface area contributed by atoms with Crippen LogP contribution in [0.2, 0.25) is 0 Å². The molecule has 0 bridgehead atoms. The maximum absolute atomic E-state index is 12.7. The number of aromatic nitrogens is 3. The minimum absolute atomic E-state index is 0.178. The van der Waals surface area contributed by atoms with Crippen molar-refractivity contribution < 1.29 is 9.32 Å². The number of nitrogens with one attached hydrogen (secondary N) is 1. The third kappa shape index (κ3) is 4.63. The standard InChI is InChI=1S/C18H25N5O2/c1-2-13-23(15-7-11-20-12-8-15)17(24)4-3-16-21-18(22-25-16)14-5-9-19-10-6-14/h5-6,9-10,15,20H,2-4,7-8,11-13H2,1H3. The molecule has 1 aliphatic rings. The molecule has 1 amide bonds. The molecular weight excluding hydrogens is 318 g/mol. The van der Waals surface area contributed by atoms with Crippen LogP contribution in [0.3, 0.4) is 0 Å². The van der Waals surface area contributed by atoms with Gasteiger partial charge >= 0.3 is 0 Å². The van der Waals surface area contributed by atoms with Crippen molar-refractivity contribution in [2.75, 3.05) is 19.6 Å². The molecule has 0 radical (unpaired) electrons. The first-order chi connectivity index (χ1) is 12.3. The molecule has 0 aromatic carbocycles. The average Bonchev–Trinajstić information content (AvgIpc) is 3.15. The Morgan fingerprint density at radius 2 is 2.08 bits per heavy atom. The predicted octanol–water partition coefficient (Wildman–Crippen LogP) is 2.05. The van der Waals surface area contributed by atoms with Crippen molar-refractivity contribution in [1.29, 1.82) is 0 Å². The van der Waals surface area contributed by atoms with Gasteiger partial charge in [0.1, 0.15) is 0 Å². The monoisotopic (exact) mass is 343 g/mol. The van der Waals surface area contributed by atoms with Gasteiger partial charge in [-0.05, 0) is 44.5 Å². The van der Waals surface area contributed by atoms with E-state index in [-0.39, 0.29) is 5.91 Å². The summed E-state index contributed by atoms with van der Waals surface area (Å²) in [6.07, 6.45) is 7.29. The van der Waals surface area contributed by atoms with Gasteiger partial charge in [0.25, 0.3) is 0 Å². The Bertz CT molecular complexity index is 667. The average molecular weight is 343 g/mol. The van der Waals surface area contributed by atoms with Crippen molar-refractivity contribution in [2.24, 2.45) is 0 Å². The maximum Gasteiger partial charge on any atom is 0.227 e. The molecule has 1 aliphatic heterocycles. The Morgan fingerprint density at radius 1 is 1.32 bits per heavy atom. The van der Waals surface area contributed by atoms with Crippen LogP contribution in [0, 0.1) is 0 Å². The minimum Gasteiger partial charge on any atom is -0.340 e. The Labute approximate surface area is 147 Å². The number of nitrogens with zero attached hydrogens (tertiary/aromatic N) is 4. The summed E-state index contributed by atoms with van der Waals surface area (Å²) in [7, 11) is 0. The first-order valence-electron chi connectivity index (χ1n) is 9.01. The van der Waals surface area contributed by atoms with Crippen LogP contribution in [-0.4, -0.2) is 51.6 Å². The van der Waals surface area contributed by atoms with Crippen LogP contribution in [0.25, 0.3) is 11.4 Å². The molecule has 2 aromatic rings. The lowest BCUT2D eigenvalue weighted by atomic mass is 10.0. The van der Waals surface area contributed by atoms with Crippen LogP contribution in [0.5, 0.6) is 0 Å². The van der Waals surface area contributed by atoms with E-state index in [4.69, 9.17) is 4.52 Å². The summed E-state index contributed by atoms with van der Waals surface area (Å²) >= 11 is 0. The Hall–Kier alpha value is -2.28. The first kappa shape index (κ1) is 17.5. The molecule has 1 saturated heterocycles. The second kappa shape index (κ2) is 8.71. The Kier molecular flexibility index (Phi) is 6.11. The summed E-state index contributed by atoms with van der Waals surface area (Å²) in [6.45, 7) is 4.89. The highest BCUT2D eigenvalue weighted by atomic mass is 16.5. The molecule has 0 aliphatic carbocycles. The normalized spacial score (nSPS) is 15.2. The van der Waals surface area contributed by atoms with Crippen LogP contribution in [-0.2, 0) is 11.2 Å². The van der Waals surface area contributed by atoms with Gasteiger partial charge in [-0.1, -0.05) is 12.1 Å². The van der Waals surface area contributed by atoms with Crippen LogP contribution in [0.15, 0.2) is 29.0 Å². The van der Waals surface area contributed by atoms with E-state index in [1.165, 1.54) is 0 Å². The quantitative estimate of drug-likeness (QED) is 0.828. The molecule has 2 aromatic heterocycles. The third-order valence-electron chi connectivity index (χ3n) is 4.49. The van der Waals surface area contributed by atoms with Crippen molar-refractivity contribution in [1.82, 2.24) is 25.3 Å². The van der Waals surface area contributed by atoms with Gasteiger partial charge in [-0.2, -0.15) is 4.98 Å². The second-order valence-corrected chi connectivity index (χ2v) is 6.32. The summed E-state index contributed by atoms with van der Waals surface area (Å²) in [5.41, 5.74) is 0.860. The Morgan fingerprint density at radius 3 is 2.80 bits per heavy atom. The van der Waals surface area contributed by atoms with E-state index in [2.05, 4.69) is 27.4 Å². The molecule has 1 N–H and O–H groups in total. The number of rotatable bonds is 7. The second-order valence-electron chi connectivity index (χ2n) is 6.32. The zero-order valence-electron chi connectivity index (χ0n) is 14.6. The highest BCUT2D eigenvalue weighted by molar-refractivity contribution is 5.76. The molecule has 134 valence electrons. The van der Waals surface area contributed by atoms with Gasteiger partial charge in [-0.3, -0.25) is 9.78 Å². The van der Waals surface area contributed by atoms with Crippen LogP contribution >= 0.6 is 0 Å². The number of carbonyl (C=O) groups excluding carboxylic acids is 1. The molecule has 7 heteroatoms. The summed E-state index contributed by atoms with van der Waals surface area (Å²) < 4.78 is 5.29. The molecule has 7 nitrogen and oxygen atoms in total. The number of piperidine rings is 1. The van der Waals surface area contributed by atoms with Crippen LogP contribution in [0.1, 0.15) is 38.5 Å². The van der Waals surface area contributed by atoms with Crippen molar-refractivity contribution in [3.05, 3.63) is 30.4 Å². The van der Waals surface area contributed by atoms with Gasteiger partial charge < -0.3 is 14.7 Å². The summed E-state index contributed by atoms with van der Waals surface area (Å²) in [5, 5.41) is 7.34. The lowest BCUT2D eigenvalue weighted by molar-refractivity contribution is -0.134. The smallest absolute Gasteiger partial charge is 0.227 e. The highest BCUT2D eigenvalue weighted by Crippen LogP contribution is 2.17. The third-order valence-corrected chi connectivity index (χ3v) is 4.49. The van der Waals surface area contributed by atoms with Crippen molar-refractivity contribution in [3.63, 3.8) is 0 Å².